The van der Waals surface area contributed by atoms with Crippen molar-refractivity contribution in [3.8, 4) is 11.8 Å². The summed E-state index contributed by atoms with van der Waals surface area (Å²) in [5.74, 6) is -0.695. The Morgan fingerprint density at radius 3 is 2.33 bits per heavy atom. The summed E-state index contributed by atoms with van der Waals surface area (Å²) in [6, 6.07) is 7.76. The molecule has 0 unspecified atom stereocenters. The molecule has 0 atom stereocenters. The van der Waals surface area contributed by atoms with Crippen molar-refractivity contribution < 1.29 is 17.9 Å². The van der Waals surface area contributed by atoms with E-state index in [4.69, 9.17) is 15.7 Å². The number of sulfonamides is 1. The molecule has 0 spiro atoms. The Morgan fingerprint density at radius 2 is 1.88 bits per heavy atom. The van der Waals surface area contributed by atoms with Gasteiger partial charge in [0.25, 0.3) is 0 Å². The minimum absolute atomic E-state index is 0.00865. The molecular weight excluding hydrogens is 332 g/mol. The second kappa shape index (κ2) is 6.35. The van der Waals surface area contributed by atoms with Crippen molar-refractivity contribution in [2.45, 2.75) is 4.90 Å². The Labute approximate surface area is 139 Å². The summed E-state index contributed by atoms with van der Waals surface area (Å²) >= 11 is 0. The van der Waals surface area contributed by atoms with Crippen molar-refractivity contribution >= 4 is 21.7 Å². The Balaban J connectivity index is 2.58. The number of nitrogens with two attached hydrogens (primary N) is 1. The van der Waals surface area contributed by atoms with E-state index in [0.29, 0.717) is 5.69 Å². The second-order valence-corrected chi connectivity index (χ2v) is 7.21. The summed E-state index contributed by atoms with van der Waals surface area (Å²) in [6.45, 7) is 0. The number of carbonyl (C=O) groups is 1. The predicted molar refractivity (Wildman–Crippen MR) is 87.1 cm³/mol. The van der Waals surface area contributed by atoms with Gasteiger partial charge in [-0.25, -0.2) is 17.5 Å². The number of aromatic nitrogens is 1. The minimum Gasteiger partial charge on any atom is -0.464 e. The highest BCUT2D eigenvalue weighted by atomic mass is 32.2. The van der Waals surface area contributed by atoms with E-state index in [0.717, 1.165) is 4.31 Å². The van der Waals surface area contributed by atoms with Crippen LogP contribution in [0.15, 0.2) is 35.4 Å². The number of nitrogen functional groups attached to an aromatic ring is 1. The number of nitriles is 1. The normalized spacial score (nSPS) is 11.3. The molecule has 9 heteroatoms. The molecule has 0 saturated carbocycles. The zero-order valence-electron chi connectivity index (χ0n) is 13.3. The van der Waals surface area contributed by atoms with Crippen molar-refractivity contribution in [1.82, 2.24) is 8.87 Å². The molecule has 8 nitrogen and oxygen atoms in total. The van der Waals surface area contributed by atoms with Gasteiger partial charge in [-0.1, -0.05) is 0 Å². The fourth-order valence-electron chi connectivity index (χ4n) is 2.11. The lowest BCUT2D eigenvalue weighted by atomic mass is 10.2. The summed E-state index contributed by atoms with van der Waals surface area (Å²) in [4.78, 5) is 12.0. The number of benzene rings is 1. The number of anilines is 1. The van der Waals surface area contributed by atoms with Crippen LogP contribution in [-0.2, 0) is 14.8 Å². The molecule has 0 saturated heterocycles. The average molecular weight is 348 g/mol. The van der Waals surface area contributed by atoms with E-state index in [1.54, 1.807) is 0 Å². The van der Waals surface area contributed by atoms with Crippen LogP contribution < -0.4 is 5.73 Å². The second-order valence-electron chi connectivity index (χ2n) is 5.06. The lowest BCUT2D eigenvalue weighted by Crippen LogP contribution is -2.22. The third kappa shape index (κ3) is 2.84. The summed E-state index contributed by atoms with van der Waals surface area (Å²) in [5, 5.41) is 9.09. The first-order valence-corrected chi connectivity index (χ1v) is 8.20. The van der Waals surface area contributed by atoms with E-state index < -0.39 is 16.0 Å². The SMILES string of the molecule is COC(=O)c1c(N)c(C#N)cn1-c1ccc(S(=O)(=O)N(C)C)cc1. The third-order valence-corrected chi connectivity index (χ3v) is 5.27. The van der Waals surface area contributed by atoms with E-state index >= 15 is 0 Å². The summed E-state index contributed by atoms with van der Waals surface area (Å²) < 4.78 is 31.4. The van der Waals surface area contributed by atoms with Crippen LogP contribution in [0.2, 0.25) is 0 Å². The van der Waals surface area contributed by atoms with E-state index in [1.165, 1.54) is 56.2 Å². The molecule has 0 aliphatic heterocycles. The maximum atomic E-state index is 12.1. The van der Waals surface area contributed by atoms with Crippen LogP contribution in [0.1, 0.15) is 16.1 Å². The Morgan fingerprint density at radius 1 is 1.29 bits per heavy atom. The quantitative estimate of drug-likeness (QED) is 0.822. The van der Waals surface area contributed by atoms with Gasteiger partial charge in [-0.05, 0) is 24.3 Å². The maximum Gasteiger partial charge on any atom is 0.357 e. The highest BCUT2D eigenvalue weighted by Crippen LogP contribution is 2.25. The summed E-state index contributed by atoms with van der Waals surface area (Å²) in [5.41, 5.74) is 6.44. The zero-order valence-corrected chi connectivity index (χ0v) is 14.2. The van der Waals surface area contributed by atoms with Gasteiger partial charge in [0.15, 0.2) is 5.69 Å². The number of nitrogens with zero attached hydrogens (tertiary/aromatic N) is 3. The van der Waals surface area contributed by atoms with Crippen LogP contribution in [0, 0.1) is 11.3 Å². The van der Waals surface area contributed by atoms with Crippen LogP contribution in [0.25, 0.3) is 5.69 Å². The van der Waals surface area contributed by atoms with Gasteiger partial charge in [-0.2, -0.15) is 5.26 Å². The smallest absolute Gasteiger partial charge is 0.357 e. The van der Waals surface area contributed by atoms with Crippen molar-refractivity contribution in [1.29, 1.82) is 5.26 Å². The number of carbonyl (C=O) groups excluding carboxylic acids is 1. The van der Waals surface area contributed by atoms with E-state index in [9.17, 15) is 13.2 Å². The van der Waals surface area contributed by atoms with E-state index in [1.807, 2.05) is 6.07 Å². The standard InChI is InChI=1S/C15H16N4O4S/c1-18(2)24(21,22)12-6-4-11(5-7-12)19-9-10(8-16)13(17)14(19)15(20)23-3/h4-7,9H,17H2,1-3H3. The minimum atomic E-state index is -3.56. The third-order valence-electron chi connectivity index (χ3n) is 3.44. The lowest BCUT2D eigenvalue weighted by molar-refractivity contribution is 0.0593. The molecule has 0 aliphatic carbocycles. The first-order valence-electron chi connectivity index (χ1n) is 6.76. The topological polar surface area (TPSA) is 118 Å². The maximum absolute atomic E-state index is 12.1. The number of methoxy groups -OCH3 is 1. The van der Waals surface area contributed by atoms with Crippen molar-refractivity contribution in [3.63, 3.8) is 0 Å². The number of rotatable bonds is 4. The number of hydrogen-bond donors (Lipinski definition) is 1. The zero-order chi connectivity index (χ0) is 18.1. The van der Waals surface area contributed by atoms with Gasteiger partial charge in [0, 0.05) is 26.0 Å². The molecule has 1 aromatic heterocycles. The van der Waals surface area contributed by atoms with Gasteiger partial charge in [-0.15, -0.1) is 0 Å². The summed E-state index contributed by atoms with van der Waals surface area (Å²) in [7, 11) is 0.517. The molecule has 2 N–H and O–H groups in total. The molecule has 0 fully saturated rings. The van der Waals surface area contributed by atoms with Crippen LogP contribution in [0.4, 0.5) is 5.69 Å². The van der Waals surface area contributed by atoms with Crippen LogP contribution in [0.5, 0.6) is 0 Å². The van der Waals surface area contributed by atoms with Gasteiger partial charge in [0.2, 0.25) is 10.0 Å². The molecule has 126 valence electrons. The highest BCUT2D eigenvalue weighted by molar-refractivity contribution is 7.89. The van der Waals surface area contributed by atoms with Gasteiger partial charge in [0.1, 0.15) is 6.07 Å². The molecule has 0 aliphatic rings. The molecule has 24 heavy (non-hydrogen) atoms. The molecule has 0 radical (unpaired) electrons. The molecule has 1 aromatic carbocycles. The molecule has 0 amide bonds. The van der Waals surface area contributed by atoms with Crippen LogP contribution >= 0.6 is 0 Å². The van der Waals surface area contributed by atoms with Crippen LogP contribution in [0.3, 0.4) is 0 Å². The monoisotopic (exact) mass is 348 g/mol. The average Bonchev–Trinajstić information content (AvgIpc) is 2.90. The van der Waals surface area contributed by atoms with Gasteiger partial charge in [0.05, 0.1) is 23.3 Å². The fourth-order valence-corrected chi connectivity index (χ4v) is 3.01. The highest BCUT2D eigenvalue weighted by Gasteiger charge is 2.22. The fraction of sp³-hybridized carbons (Fsp3) is 0.200. The van der Waals surface area contributed by atoms with Gasteiger partial charge < -0.3 is 15.0 Å². The Kier molecular flexibility index (Phi) is 4.64. The van der Waals surface area contributed by atoms with Crippen molar-refractivity contribution in [3.05, 3.63) is 41.7 Å². The van der Waals surface area contributed by atoms with Gasteiger partial charge in [-0.3, -0.25) is 0 Å². The number of hydrogen-bond acceptors (Lipinski definition) is 6. The van der Waals surface area contributed by atoms with E-state index in [2.05, 4.69) is 0 Å². The van der Waals surface area contributed by atoms with Gasteiger partial charge >= 0.3 is 5.97 Å². The van der Waals surface area contributed by atoms with Crippen molar-refractivity contribution in [2.24, 2.45) is 0 Å². The predicted octanol–water partition coefficient (Wildman–Crippen LogP) is 0.968. The lowest BCUT2D eigenvalue weighted by Gasteiger charge is -2.13. The molecule has 0 bridgehead atoms. The van der Waals surface area contributed by atoms with Crippen LogP contribution in [-0.4, -0.2) is 44.5 Å². The first kappa shape index (κ1) is 17.5. The van der Waals surface area contributed by atoms with Crippen molar-refractivity contribution in [2.75, 3.05) is 26.9 Å². The number of esters is 1. The Bertz CT molecular complexity index is 922. The Hall–Kier alpha value is -2.83. The van der Waals surface area contributed by atoms with E-state index in [-0.39, 0.29) is 21.8 Å². The molecule has 2 rings (SSSR count). The first-order chi connectivity index (χ1) is 11.2. The molecular formula is C15H16N4O4S. The largest absolute Gasteiger partial charge is 0.464 e. The molecule has 1 heterocycles. The summed E-state index contributed by atoms with van der Waals surface area (Å²) in [6.07, 6.45) is 1.40. The molecule has 2 aromatic rings. The number of ether oxygens (including phenoxy) is 1.